The molecular formula is C13H12F3N7S. The summed E-state index contributed by atoms with van der Waals surface area (Å²) in [4.78, 5) is 12.0. The predicted octanol–water partition coefficient (Wildman–Crippen LogP) is 1.93. The van der Waals surface area contributed by atoms with E-state index >= 15 is 0 Å². The van der Waals surface area contributed by atoms with Gasteiger partial charge in [0.25, 0.3) is 0 Å². The molecule has 3 aromatic heterocycles. The molecule has 0 N–H and O–H groups in total. The number of thiazole rings is 1. The van der Waals surface area contributed by atoms with Gasteiger partial charge in [0.1, 0.15) is 6.33 Å². The molecular weight excluding hydrogens is 343 g/mol. The first-order valence-corrected chi connectivity index (χ1v) is 8.07. The van der Waals surface area contributed by atoms with E-state index in [0.717, 1.165) is 22.5 Å². The topological polar surface area (TPSA) is 62.5 Å². The van der Waals surface area contributed by atoms with Crippen LogP contribution in [0.15, 0.2) is 24.1 Å². The number of nitrogens with zero attached hydrogens (tertiary/aromatic N) is 7. The van der Waals surface area contributed by atoms with E-state index in [9.17, 15) is 13.2 Å². The van der Waals surface area contributed by atoms with Crippen molar-refractivity contribution in [3.63, 3.8) is 0 Å². The summed E-state index contributed by atoms with van der Waals surface area (Å²) in [6, 6.07) is 0. The first kappa shape index (κ1) is 15.1. The lowest BCUT2D eigenvalue weighted by molar-refractivity contribution is -0.140. The molecule has 7 nitrogen and oxygen atoms in total. The van der Waals surface area contributed by atoms with Gasteiger partial charge in [-0.3, -0.25) is 4.40 Å². The molecule has 0 atom stereocenters. The SMILES string of the molecule is FC(F)(F)c1csc(N2CCN(c3nccn4cnnc34)CC2)n1. The zero-order chi connectivity index (χ0) is 16.7. The van der Waals surface area contributed by atoms with Crippen molar-refractivity contribution in [2.45, 2.75) is 6.18 Å². The summed E-state index contributed by atoms with van der Waals surface area (Å²) in [5.41, 5.74) is -0.167. The van der Waals surface area contributed by atoms with Crippen LogP contribution in [0.2, 0.25) is 0 Å². The first-order valence-electron chi connectivity index (χ1n) is 7.19. The van der Waals surface area contributed by atoms with Gasteiger partial charge in [0, 0.05) is 44.0 Å². The second-order valence-electron chi connectivity index (χ2n) is 5.30. The number of rotatable bonds is 2. The Balaban J connectivity index is 1.49. The third-order valence-electron chi connectivity index (χ3n) is 3.83. The highest BCUT2D eigenvalue weighted by Gasteiger charge is 2.34. The molecule has 0 bridgehead atoms. The second kappa shape index (κ2) is 5.58. The molecule has 0 aliphatic carbocycles. The summed E-state index contributed by atoms with van der Waals surface area (Å²) < 4.78 is 39.8. The van der Waals surface area contributed by atoms with E-state index in [-0.39, 0.29) is 0 Å². The molecule has 0 radical (unpaired) electrons. The van der Waals surface area contributed by atoms with Crippen LogP contribution < -0.4 is 9.80 Å². The van der Waals surface area contributed by atoms with E-state index in [1.807, 2.05) is 4.90 Å². The fraction of sp³-hybridized carbons (Fsp3) is 0.385. The van der Waals surface area contributed by atoms with Crippen LogP contribution in [0.5, 0.6) is 0 Å². The fourth-order valence-corrected chi connectivity index (χ4v) is 3.50. The highest BCUT2D eigenvalue weighted by molar-refractivity contribution is 7.13. The lowest BCUT2D eigenvalue weighted by Crippen LogP contribution is -2.47. The van der Waals surface area contributed by atoms with Gasteiger partial charge in [-0.25, -0.2) is 9.97 Å². The van der Waals surface area contributed by atoms with Crippen molar-refractivity contribution in [1.29, 1.82) is 0 Å². The smallest absolute Gasteiger partial charge is 0.350 e. The molecule has 4 heterocycles. The van der Waals surface area contributed by atoms with E-state index < -0.39 is 11.9 Å². The van der Waals surface area contributed by atoms with Crippen molar-refractivity contribution in [3.05, 3.63) is 29.8 Å². The number of fused-ring (bicyclic) bond motifs is 1. The molecule has 1 aliphatic rings. The maximum absolute atomic E-state index is 12.7. The molecule has 1 fully saturated rings. The number of hydrogen-bond donors (Lipinski definition) is 0. The molecule has 4 rings (SSSR count). The largest absolute Gasteiger partial charge is 0.434 e. The van der Waals surface area contributed by atoms with E-state index in [1.54, 1.807) is 23.1 Å². The number of piperazine rings is 1. The zero-order valence-corrected chi connectivity index (χ0v) is 13.1. The van der Waals surface area contributed by atoms with Crippen LogP contribution >= 0.6 is 11.3 Å². The van der Waals surface area contributed by atoms with Gasteiger partial charge in [-0.05, 0) is 0 Å². The lowest BCUT2D eigenvalue weighted by Gasteiger charge is -2.35. The number of aromatic nitrogens is 5. The minimum atomic E-state index is -4.40. The van der Waals surface area contributed by atoms with Crippen molar-refractivity contribution >= 4 is 27.9 Å². The van der Waals surface area contributed by atoms with Gasteiger partial charge in [-0.2, -0.15) is 13.2 Å². The highest BCUT2D eigenvalue weighted by Crippen LogP contribution is 2.33. The Morgan fingerprint density at radius 2 is 1.83 bits per heavy atom. The number of hydrogen-bond acceptors (Lipinski definition) is 7. The Kier molecular flexibility index (Phi) is 3.52. The molecule has 1 saturated heterocycles. The Bertz CT molecular complexity index is 850. The first-order chi connectivity index (χ1) is 11.5. The van der Waals surface area contributed by atoms with Crippen LogP contribution in [0.25, 0.3) is 5.65 Å². The monoisotopic (exact) mass is 355 g/mol. The quantitative estimate of drug-likeness (QED) is 0.700. The number of alkyl halides is 3. The maximum Gasteiger partial charge on any atom is 0.434 e. The average Bonchev–Trinajstić information content (AvgIpc) is 3.23. The Hall–Kier alpha value is -2.43. The van der Waals surface area contributed by atoms with Gasteiger partial charge in [0.05, 0.1) is 0 Å². The lowest BCUT2D eigenvalue weighted by atomic mass is 10.3. The Morgan fingerprint density at radius 3 is 2.54 bits per heavy atom. The van der Waals surface area contributed by atoms with Gasteiger partial charge in [-0.15, -0.1) is 21.5 Å². The van der Waals surface area contributed by atoms with Crippen molar-refractivity contribution < 1.29 is 13.2 Å². The van der Waals surface area contributed by atoms with Crippen LogP contribution in [0.4, 0.5) is 24.1 Å². The number of anilines is 2. The Morgan fingerprint density at radius 1 is 1.08 bits per heavy atom. The van der Waals surface area contributed by atoms with Gasteiger partial charge in [0.15, 0.2) is 16.6 Å². The molecule has 0 unspecified atom stereocenters. The van der Waals surface area contributed by atoms with Crippen LogP contribution in [0.1, 0.15) is 5.69 Å². The minimum absolute atomic E-state index is 0.399. The number of halogens is 3. The van der Waals surface area contributed by atoms with Crippen LogP contribution in [-0.4, -0.2) is 50.7 Å². The fourth-order valence-electron chi connectivity index (χ4n) is 2.62. The Labute approximate surface area is 138 Å². The predicted molar refractivity (Wildman–Crippen MR) is 82.3 cm³/mol. The maximum atomic E-state index is 12.7. The minimum Gasteiger partial charge on any atom is -0.350 e. The molecule has 24 heavy (non-hydrogen) atoms. The van der Waals surface area contributed by atoms with Crippen molar-refractivity contribution in [2.75, 3.05) is 36.0 Å². The molecule has 1 aliphatic heterocycles. The van der Waals surface area contributed by atoms with Crippen molar-refractivity contribution in [1.82, 2.24) is 24.6 Å². The van der Waals surface area contributed by atoms with Crippen molar-refractivity contribution in [2.24, 2.45) is 0 Å². The summed E-state index contributed by atoms with van der Waals surface area (Å²) >= 11 is 1.02. The van der Waals surface area contributed by atoms with Crippen LogP contribution in [-0.2, 0) is 6.18 Å². The average molecular weight is 355 g/mol. The molecule has 0 saturated carbocycles. The standard InChI is InChI=1S/C13H12F3N7S/c14-13(15,16)9-7-24-12(19-9)22-5-3-21(4-6-22)10-11-20-18-8-23(11)2-1-17-10/h1-2,7-8H,3-6H2. The highest BCUT2D eigenvalue weighted by atomic mass is 32.1. The molecule has 3 aromatic rings. The summed E-state index contributed by atoms with van der Waals surface area (Å²) in [5.74, 6) is 0.727. The summed E-state index contributed by atoms with van der Waals surface area (Å²) in [5, 5.41) is 9.38. The van der Waals surface area contributed by atoms with Gasteiger partial charge in [0.2, 0.25) is 5.65 Å². The molecule has 126 valence electrons. The van der Waals surface area contributed by atoms with Crippen molar-refractivity contribution in [3.8, 4) is 0 Å². The van der Waals surface area contributed by atoms with E-state index in [2.05, 4.69) is 25.1 Å². The summed E-state index contributed by atoms with van der Waals surface area (Å²) in [6.45, 7) is 2.39. The van der Waals surface area contributed by atoms with E-state index in [1.165, 1.54) is 0 Å². The van der Waals surface area contributed by atoms with E-state index in [0.29, 0.717) is 37.0 Å². The van der Waals surface area contributed by atoms with E-state index in [4.69, 9.17) is 0 Å². The summed E-state index contributed by atoms with van der Waals surface area (Å²) in [7, 11) is 0. The third-order valence-corrected chi connectivity index (χ3v) is 4.73. The molecule has 0 spiro atoms. The van der Waals surface area contributed by atoms with Crippen LogP contribution in [0.3, 0.4) is 0 Å². The van der Waals surface area contributed by atoms with Gasteiger partial charge in [-0.1, -0.05) is 0 Å². The molecule has 0 aromatic carbocycles. The van der Waals surface area contributed by atoms with Gasteiger partial charge >= 0.3 is 6.18 Å². The zero-order valence-electron chi connectivity index (χ0n) is 12.3. The normalized spacial score (nSPS) is 16.1. The molecule has 11 heteroatoms. The van der Waals surface area contributed by atoms with Crippen LogP contribution in [0, 0.1) is 0 Å². The van der Waals surface area contributed by atoms with Gasteiger partial charge < -0.3 is 9.80 Å². The molecule has 0 amide bonds. The third kappa shape index (κ3) is 2.64. The summed E-state index contributed by atoms with van der Waals surface area (Å²) in [6.07, 6.45) is 0.645. The second-order valence-corrected chi connectivity index (χ2v) is 6.14.